The van der Waals surface area contributed by atoms with Crippen molar-refractivity contribution in [3.63, 3.8) is 0 Å². The van der Waals surface area contributed by atoms with E-state index in [1.807, 2.05) is 0 Å². The van der Waals surface area contributed by atoms with Gasteiger partial charge in [-0.15, -0.1) is 0 Å². The molecule has 5 unspecified atom stereocenters. The van der Waals surface area contributed by atoms with Crippen LogP contribution in [0.25, 0.3) is 22.2 Å². The Morgan fingerprint density at radius 1 is 1.09 bits per heavy atom. The Balaban J connectivity index is 1.22. The Labute approximate surface area is 248 Å². The number of fused-ring (bicyclic) bond motifs is 5. The third-order valence-electron chi connectivity index (χ3n) is 6.92. The molecule has 10 atom stereocenters. The van der Waals surface area contributed by atoms with Crippen molar-refractivity contribution in [1.29, 1.82) is 0 Å². The van der Waals surface area contributed by atoms with Gasteiger partial charge >= 0.3 is 13.5 Å². The standard InChI is InChI=1S/C19H20FN9O10P2S2/c20-8-12-7(35-17(8)29-5-25-10-14(21)22-3-23-15(10)29)2-34-40(32,42)38-13-11(30)19(39-41(33,43)37-12)36-18(13)28-4-24-9-6(28)1-26-27-16(9)31/h1,3-5,7-8,11-13,17-19,30H,2H2,(H,27,31)(H,32,42)(H,33,43)(H2,21,22,23)/t7?,8-,11+,12-,13-,17-,18?,19?,40?,41?/m1/s1. The number of H-pyrrole nitrogens is 1. The molecule has 7 heterocycles. The first-order valence-electron chi connectivity index (χ1n) is 12.2. The fourth-order valence-electron chi connectivity index (χ4n) is 5.02. The molecule has 0 aromatic carbocycles. The quantitative estimate of drug-likeness (QED) is 0.139. The van der Waals surface area contributed by atoms with E-state index in [2.05, 4.69) is 42.4 Å². The van der Waals surface area contributed by atoms with Crippen LogP contribution in [0.15, 0.2) is 30.0 Å². The number of halogens is 1. The summed E-state index contributed by atoms with van der Waals surface area (Å²) in [6.45, 7) is -9.40. The third kappa shape index (κ3) is 5.10. The predicted molar refractivity (Wildman–Crippen MR) is 146 cm³/mol. The van der Waals surface area contributed by atoms with Gasteiger partial charge in [-0.05, 0) is 11.8 Å². The average Bonchev–Trinajstić information content (AvgIpc) is 3.70. The first-order valence-corrected chi connectivity index (χ1v) is 17.5. The number of aliphatic hydroxyl groups excluding tert-OH is 1. The van der Waals surface area contributed by atoms with Crippen LogP contribution < -0.4 is 11.3 Å². The van der Waals surface area contributed by atoms with Crippen molar-refractivity contribution in [3.8, 4) is 0 Å². The highest BCUT2D eigenvalue weighted by Crippen LogP contribution is 2.60. The van der Waals surface area contributed by atoms with Gasteiger partial charge in [-0.3, -0.25) is 27.5 Å². The number of anilines is 1. The number of ether oxygens (including phenoxy) is 2. The van der Waals surface area contributed by atoms with Crippen molar-refractivity contribution in [2.75, 3.05) is 12.3 Å². The van der Waals surface area contributed by atoms with Crippen LogP contribution in [0.5, 0.6) is 0 Å². The summed E-state index contributed by atoms with van der Waals surface area (Å²) < 4.78 is 65.6. The van der Waals surface area contributed by atoms with Gasteiger partial charge in [-0.25, -0.2) is 34.0 Å². The van der Waals surface area contributed by atoms with Crippen LogP contribution >= 0.6 is 25.8 Å². The largest absolute Gasteiger partial charge is 0.388 e. The predicted octanol–water partition coefficient (Wildman–Crippen LogP) is 0.0649. The zero-order valence-electron chi connectivity index (χ0n) is 21.1. The number of alkyl halides is 1. The molecule has 4 aromatic heterocycles. The Hall–Kier alpha value is -2.46. The zero-order valence-corrected chi connectivity index (χ0v) is 24.6. The number of nitrogens with zero attached hydrogens (tertiary/aromatic N) is 7. The van der Waals surface area contributed by atoms with Crippen LogP contribution in [-0.4, -0.2) is 92.8 Å². The highest BCUT2D eigenvalue weighted by atomic mass is 32.7. The second kappa shape index (κ2) is 10.6. The van der Waals surface area contributed by atoms with E-state index in [0.29, 0.717) is 0 Å². The smallest absolute Gasteiger partial charge is 0.385 e. The fourth-order valence-corrected chi connectivity index (χ4v) is 8.09. The van der Waals surface area contributed by atoms with E-state index < -0.39 is 75.0 Å². The molecular formula is C19H20FN9O10P2S2. The van der Waals surface area contributed by atoms with Crippen LogP contribution in [0, 0.1) is 0 Å². The molecule has 3 aliphatic rings. The number of nitrogens with one attached hydrogen (secondary N) is 1. The summed E-state index contributed by atoms with van der Waals surface area (Å²) in [6.07, 6.45) is -8.09. The number of rotatable bonds is 2. The summed E-state index contributed by atoms with van der Waals surface area (Å²) in [5.41, 5.74) is 5.68. The molecule has 230 valence electrons. The van der Waals surface area contributed by atoms with E-state index in [1.165, 1.54) is 28.0 Å². The van der Waals surface area contributed by atoms with Crippen LogP contribution in [0.4, 0.5) is 10.2 Å². The lowest BCUT2D eigenvalue weighted by atomic mass is 10.1. The molecule has 43 heavy (non-hydrogen) atoms. The molecule has 2 bridgehead atoms. The van der Waals surface area contributed by atoms with Gasteiger partial charge in [-0.2, -0.15) is 5.10 Å². The minimum Gasteiger partial charge on any atom is -0.385 e. The fraction of sp³-hybridized carbons (Fsp3) is 0.474. The summed E-state index contributed by atoms with van der Waals surface area (Å²) in [5.74, 6) is 0.0493. The maximum absolute atomic E-state index is 16.0. The second-order valence-electron chi connectivity index (χ2n) is 9.54. The molecule has 24 heteroatoms. The van der Waals surface area contributed by atoms with Crippen molar-refractivity contribution in [3.05, 3.63) is 35.5 Å². The van der Waals surface area contributed by atoms with Gasteiger partial charge in [0.2, 0.25) is 0 Å². The number of nitrogens with two attached hydrogens (primary N) is 1. The molecule has 0 amide bonds. The van der Waals surface area contributed by atoms with Gasteiger partial charge in [0.25, 0.3) is 5.56 Å². The number of aromatic amines is 1. The number of nitrogen functional groups attached to an aromatic ring is 1. The lowest BCUT2D eigenvalue weighted by Gasteiger charge is -2.29. The first-order chi connectivity index (χ1) is 20.4. The van der Waals surface area contributed by atoms with Crippen LogP contribution in [-0.2, 0) is 43.9 Å². The van der Waals surface area contributed by atoms with Gasteiger partial charge in [0.1, 0.15) is 36.3 Å². The normalized spacial score (nSPS) is 38.6. The average molecular weight is 680 g/mol. The molecular weight excluding hydrogens is 659 g/mol. The van der Waals surface area contributed by atoms with Crippen molar-refractivity contribution in [2.24, 2.45) is 0 Å². The zero-order chi connectivity index (χ0) is 30.3. The molecule has 0 spiro atoms. The van der Waals surface area contributed by atoms with E-state index in [1.54, 1.807) is 0 Å². The van der Waals surface area contributed by atoms with Gasteiger partial charge < -0.3 is 29.7 Å². The lowest BCUT2D eigenvalue weighted by molar-refractivity contribution is -0.130. The third-order valence-corrected chi connectivity index (χ3v) is 10.0. The Morgan fingerprint density at radius 2 is 1.86 bits per heavy atom. The van der Waals surface area contributed by atoms with E-state index in [-0.39, 0.29) is 28.0 Å². The number of aromatic nitrogens is 8. The highest BCUT2D eigenvalue weighted by Gasteiger charge is 2.55. The molecule has 7 rings (SSSR count). The number of hydrogen-bond donors (Lipinski definition) is 5. The second-order valence-corrected chi connectivity index (χ2v) is 15.2. The molecule has 3 fully saturated rings. The molecule has 3 aliphatic heterocycles. The molecule has 5 N–H and O–H groups in total. The summed E-state index contributed by atoms with van der Waals surface area (Å²) in [5, 5.41) is 17.0. The van der Waals surface area contributed by atoms with Gasteiger partial charge in [0.05, 0.1) is 31.0 Å². The van der Waals surface area contributed by atoms with Crippen LogP contribution in [0.1, 0.15) is 12.5 Å². The van der Waals surface area contributed by atoms with E-state index in [4.69, 9.17) is 45.1 Å². The summed E-state index contributed by atoms with van der Waals surface area (Å²) in [4.78, 5) is 39.1. The van der Waals surface area contributed by atoms with Crippen molar-refractivity contribution in [2.45, 2.75) is 49.3 Å². The minimum atomic E-state index is -4.54. The summed E-state index contributed by atoms with van der Waals surface area (Å²) >= 11 is 9.16. The van der Waals surface area contributed by atoms with Gasteiger partial charge in [-0.1, -0.05) is 12.2 Å². The highest BCUT2D eigenvalue weighted by molar-refractivity contribution is 8.44. The van der Waals surface area contributed by atoms with E-state index in [0.717, 1.165) is 6.33 Å². The molecule has 3 saturated heterocycles. The minimum absolute atomic E-state index is 0.0228. The number of thiol groups is 1. The topological polar surface area (TPSA) is 246 Å². The van der Waals surface area contributed by atoms with Gasteiger partial charge in [0.15, 0.2) is 41.9 Å². The van der Waals surface area contributed by atoms with E-state index in [9.17, 15) is 19.4 Å². The van der Waals surface area contributed by atoms with Crippen molar-refractivity contribution in [1.82, 2.24) is 39.3 Å². The van der Waals surface area contributed by atoms with Crippen molar-refractivity contribution < 1.29 is 46.5 Å². The molecule has 19 nitrogen and oxygen atoms in total. The Kier molecular flexibility index (Phi) is 7.19. The maximum atomic E-state index is 16.0. The first kappa shape index (κ1) is 29.3. The number of hydrogen-bond acceptors (Lipinski definition) is 16. The Morgan fingerprint density at radius 3 is 2.67 bits per heavy atom. The molecule has 0 saturated carbocycles. The SMILES string of the molecule is Nc1ncnc2c1ncn2[C@@H]1OC2COP(O)(=S)O[C@H]3C(n4cnc5c(=O)[nH]ncc54)OC(OP(=O)(S)O[C@H]2[C@H]1F)[C@H]3O. The molecule has 4 aromatic rings. The number of aliphatic hydroxyl groups is 1. The lowest BCUT2D eigenvalue weighted by Crippen LogP contribution is -2.37. The summed E-state index contributed by atoms with van der Waals surface area (Å²) in [7, 11) is 0. The van der Waals surface area contributed by atoms with Crippen LogP contribution in [0.2, 0.25) is 0 Å². The summed E-state index contributed by atoms with van der Waals surface area (Å²) in [6, 6.07) is 0. The van der Waals surface area contributed by atoms with Crippen molar-refractivity contribution >= 4 is 65.6 Å². The number of imidazole rings is 2. The van der Waals surface area contributed by atoms with E-state index >= 15 is 4.39 Å². The molecule has 0 radical (unpaired) electrons. The molecule has 0 aliphatic carbocycles. The van der Waals surface area contributed by atoms with Crippen LogP contribution in [0.3, 0.4) is 0 Å². The monoisotopic (exact) mass is 679 g/mol. The Bertz CT molecular complexity index is 1880. The maximum Gasteiger partial charge on any atom is 0.388 e. The van der Waals surface area contributed by atoms with Gasteiger partial charge in [0, 0.05) is 0 Å².